The van der Waals surface area contributed by atoms with Crippen LogP contribution in [0, 0.1) is 3.57 Å². The van der Waals surface area contributed by atoms with Gasteiger partial charge in [0.25, 0.3) is 5.56 Å². The molecule has 1 aromatic carbocycles. The van der Waals surface area contributed by atoms with Crippen molar-refractivity contribution < 1.29 is 0 Å². The third-order valence-electron chi connectivity index (χ3n) is 2.59. The number of nitrogens with zero attached hydrogens (tertiary/aromatic N) is 1. The Morgan fingerprint density at radius 1 is 1.32 bits per heavy atom. The summed E-state index contributed by atoms with van der Waals surface area (Å²) >= 11 is 3.75. The van der Waals surface area contributed by atoms with Crippen molar-refractivity contribution in [3.8, 4) is 0 Å². The molecular formula is C14H15IN2OS. The lowest BCUT2D eigenvalue weighted by molar-refractivity contribution is 0.834. The molecule has 1 N–H and O–H groups in total. The van der Waals surface area contributed by atoms with Gasteiger partial charge in [0.1, 0.15) is 5.82 Å². The summed E-state index contributed by atoms with van der Waals surface area (Å²) in [7, 11) is 0. The van der Waals surface area contributed by atoms with Crippen molar-refractivity contribution in [3.05, 3.63) is 55.8 Å². The monoisotopic (exact) mass is 386 g/mol. The first kappa shape index (κ1) is 14.6. The van der Waals surface area contributed by atoms with Crippen LogP contribution in [-0.4, -0.2) is 9.97 Å². The zero-order valence-corrected chi connectivity index (χ0v) is 13.6. The Morgan fingerprint density at radius 2 is 2.05 bits per heavy atom. The number of aryl methyl sites for hydroxylation is 1. The minimum atomic E-state index is -0.0253. The molecule has 0 unspecified atom stereocenters. The van der Waals surface area contributed by atoms with E-state index in [9.17, 15) is 4.79 Å². The third kappa shape index (κ3) is 4.07. The SMILES string of the molecule is CCCc1nc(CSc2ccccc2)[nH]c(=O)c1I. The molecule has 1 heterocycles. The Hall–Kier alpha value is -0.820. The number of H-pyrrole nitrogens is 1. The van der Waals surface area contributed by atoms with Crippen LogP contribution in [0.2, 0.25) is 0 Å². The van der Waals surface area contributed by atoms with Crippen LogP contribution in [0.3, 0.4) is 0 Å². The topological polar surface area (TPSA) is 45.8 Å². The molecule has 0 saturated carbocycles. The number of aromatic nitrogens is 2. The highest BCUT2D eigenvalue weighted by Crippen LogP contribution is 2.20. The van der Waals surface area contributed by atoms with Crippen LogP contribution in [-0.2, 0) is 12.2 Å². The Bertz CT molecular complexity index is 598. The quantitative estimate of drug-likeness (QED) is 0.631. The van der Waals surface area contributed by atoms with Crippen molar-refractivity contribution in [1.29, 1.82) is 0 Å². The summed E-state index contributed by atoms with van der Waals surface area (Å²) in [5.41, 5.74) is 0.887. The van der Waals surface area contributed by atoms with Crippen LogP contribution in [0.25, 0.3) is 0 Å². The van der Waals surface area contributed by atoms with E-state index in [1.54, 1.807) is 11.8 Å². The highest BCUT2D eigenvalue weighted by atomic mass is 127. The molecule has 5 heteroatoms. The van der Waals surface area contributed by atoms with Gasteiger partial charge < -0.3 is 4.98 Å². The lowest BCUT2D eigenvalue weighted by atomic mass is 10.2. The fraction of sp³-hybridized carbons (Fsp3) is 0.286. The number of hydrogen-bond acceptors (Lipinski definition) is 3. The number of thioether (sulfide) groups is 1. The number of rotatable bonds is 5. The molecule has 0 spiro atoms. The molecule has 0 aliphatic rings. The Morgan fingerprint density at radius 3 is 2.74 bits per heavy atom. The van der Waals surface area contributed by atoms with E-state index in [0.717, 1.165) is 24.4 Å². The summed E-state index contributed by atoms with van der Waals surface area (Å²) in [6.45, 7) is 2.09. The van der Waals surface area contributed by atoms with E-state index in [0.29, 0.717) is 9.32 Å². The van der Waals surface area contributed by atoms with Gasteiger partial charge in [-0.2, -0.15) is 0 Å². The van der Waals surface area contributed by atoms with Crippen LogP contribution in [0.1, 0.15) is 24.9 Å². The van der Waals surface area contributed by atoms with E-state index in [1.807, 2.05) is 18.2 Å². The van der Waals surface area contributed by atoms with Crippen LogP contribution in [0.4, 0.5) is 0 Å². The second-order valence-electron chi connectivity index (χ2n) is 4.13. The molecule has 0 amide bonds. The van der Waals surface area contributed by atoms with Gasteiger partial charge in [-0.3, -0.25) is 4.79 Å². The molecular weight excluding hydrogens is 371 g/mol. The molecule has 0 radical (unpaired) electrons. The zero-order valence-electron chi connectivity index (χ0n) is 10.6. The molecule has 100 valence electrons. The van der Waals surface area contributed by atoms with Gasteiger partial charge in [-0.15, -0.1) is 11.8 Å². The van der Waals surface area contributed by atoms with Crippen molar-refractivity contribution in [2.24, 2.45) is 0 Å². The minimum Gasteiger partial charge on any atom is -0.309 e. The number of benzene rings is 1. The van der Waals surface area contributed by atoms with Crippen molar-refractivity contribution in [3.63, 3.8) is 0 Å². The van der Waals surface area contributed by atoms with Gasteiger partial charge in [-0.05, 0) is 41.1 Å². The Kier molecular flexibility index (Phi) is 5.45. The maximum atomic E-state index is 11.8. The highest BCUT2D eigenvalue weighted by Gasteiger charge is 2.08. The van der Waals surface area contributed by atoms with Crippen LogP contribution in [0.15, 0.2) is 40.0 Å². The average molecular weight is 386 g/mol. The standard InChI is InChI=1S/C14H15IN2OS/c1-2-6-11-13(15)14(18)17-12(16-11)9-19-10-7-4-3-5-8-10/h3-5,7-8H,2,6,9H2,1H3,(H,16,17,18). The summed E-state index contributed by atoms with van der Waals surface area (Å²) in [5, 5.41) is 0. The van der Waals surface area contributed by atoms with Crippen LogP contribution in [0.5, 0.6) is 0 Å². The van der Waals surface area contributed by atoms with E-state index < -0.39 is 0 Å². The fourth-order valence-electron chi connectivity index (χ4n) is 1.70. The molecule has 0 atom stereocenters. The van der Waals surface area contributed by atoms with Gasteiger partial charge in [-0.25, -0.2) is 4.98 Å². The van der Waals surface area contributed by atoms with E-state index in [-0.39, 0.29) is 5.56 Å². The number of aromatic amines is 1. The second-order valence-corrected chi connectivity index (χ2v) is 6.25. The third-order valence-corrected chi connectivity index (χ3v) is 4.72. The maximum absolute atomic E-state index is 11.8. The zero-order chi connectivity index (χ0) is 13.7. The first-order valence-corrected chi connectivity index (χ1v) is 8.22. The summed E-state index contributed by atoms with van der Waals surface area (Å²) in [5.74, 6) is 1.44. The van der Waals surface area contributed by atoms with Crippen LogP contribution < -0.4 is 5.56 Å². The van der Waals surface area contributed by atoms with Gasteiger partial charge >= 0.3 is 0 Å². The predicted molar refractivity (Wildman–Crippen MR) is 87.6 cm³/mol. The molecule has 2 aromatic rings. The van der Waals surface area contributed by atoms with Crippen LogP contribution >= 0.6 is 34.4 Å². The second kappa shape index (κ2) is 7.09. The molecule has 0 aliphatic heterocycles. The van der Waals surface area contributed by atoms with E-state index >= 15 is 0 Å². The lowest BCUT2D eigenvalue weighted by Gasteiger charge is -2.06. The molecule has 0 bridgehead atoms. The molecule has 2 rings (SSSR count). The normalized spacial score (nSPS) is 10.6. The highest BCUT2D eigenvalue weighted by molar-refractivity contribution is 14.1. The van der Waals surface area contributed by atoms with E-state index in [1.165, 1.54) is 4.90 Å². The summed E-state index contributed by atoms with van der Waals surface area (Å²) in [6, 6.07) is 10.1. The fourth-order valence-corrected chi connectivity index (χ4v) is 3.01. The first-order valence-electron chi connectivity index (χ1n) is 6.16. The maximum Gasteiger partial charge on any atom is 0.264 e. The summed E-state index contributed by atoms with van der Waals surface area (Å²) < 4.78 is 0.716. The van der Waals surface area contributed by atoms with Gasteiger partial charge in [0.05, 0.1) is 15.0 Å². The number of nitrogens with one attached hydrogen (secondary N) is 1. The summed E-state index contributed by atoms with van der Waals surface area (Å²) in [6.07, 6.45) is 1.85. The molecule has 0 fully saturated rings. The van der Waals surface area contributed by atoms with E-state index in [2.05, 4.69) is 51.6 Å². The molecule has 0 aliphatic carbocycles. The lowest BCUT2D eigenvalue weighted by Crippen LogP contribution is -2.17. The van der Waals surface area contributed by atoms with Crippen molar-refractivity contribution in [2.45, 2.75) is 30.4 Å². The summed E-state index contributed by atoms with van der Waals surface area (Å²) in [4.78, 5) is 20.4. The minimum absolute atomic E-state index is 0.0253. The van der Waals surface area contributed by atoms with E-state index in [4.69, 9.17) is 0 Å². The first-order chi connectivity index (χ1) is 9.20. The molecule has 19 heavy (non-hydrogen) atoms. The average Bonchev–Trinajstić information content (AvgIpc) is 2.43. The van der Waals surface area contributed by atoms with Gasteiger partial charge in [0.2, 0.25) is 0 Å². The van der Waals surface area contributed by atoms with Gasteiger partial charge in [0.15, 0.2) is 0 Å². The van der Waals surface area contributed by atoms with Crippen molar-refractivity contribution in [1.82, 2.24) is 9.97 Å². The van der Waals surface area contributed by atoms with Crippen molar-refractivity contribution in [2.75, 3.05) is 0 Å². The molecule has 0 saturated heterocycles. The predicted octanol–water partition coefficient (Wildman–Crippen LogP) is 3.62. The number of hydrogen-bond donors (Lipinski definition) is 1. The van der Waals surface area contributed by atoms with Gasteiger partial charge in [0, 0.05) is 4.90 Å². The Labute approximate surface area is 130 Å². The van der Waals surface area contributed by atoms with Gasteiger partial charge in [-0.1, -0.05) is 31.5 Å². The number of halogens is 1. The largest absolute Gasteiger partial charge is 0.309 e. The molecule has 3 nitrogen and oxygen atoms in total. The smallest absolute Gasteiger partial charge is 0.264 e. The Balaban J connectivity index is 2.14. The van der Waals surface area contributed by atoms with Crippen molar-refractivity contribution >= 4 is 34.4 Å². The molecule has 1 aromatic heterocycles.